The Morgan fingerprint density at radius 3 is 3.03 bits per heavy atom. The van der Waals surface area contributed by atoms with Gasteiger partial charge >= 0.3 is 5.97 Å². The Balaban J connectivity index is 1.31. The molecule has 3 aromatic rings. The first-order valence-electron chi connectivity index (χ1n) is 9.19. The molecular formula is C19H20N6O2S2. The number of aromatic nitrogens is 4. The lowest BCUT2D eigenvalue weighted by atomic mass is 10.1. The third-order valence-corrected chi connectivity index (χ3v) is 6.65. The summed E-state index contributed by atoms with van der Waals surface area (Å²) in [5.74, 6) is 1.80. The van der Waals surface area contributed by atoms with Gasteiger partial charge in [-0.15, -0.1) is 0 Å². The van der Waals surface area contributed by atoms with E-state index in [2.05, 4.69) is 19.9 Å². The Kier molecular flexibility index (Phi) is 6.30. The smallest absolute Gasteiger partial charge is 0.338 e. The number of hydrogen-bond donors (Lipinski definition) is 1. The second kappa shape index (κ2) is 9.27. The van der Waals surface area contributed by atoms with Crippen LogP contribution < -0.4 is 5.73 Å². The molecule has 10 heteroatoms. The number of carbonyl (C=O) groups is 1. The summed E-state index contributed by atoms with van der Waals surface area (Å²) in [7, 11) is 0. The third kappa shape index (κ3) is 4.70. The Morgan fingerprint density at radius 1 is 1.28 bits per heavy atom. The number of esters is 1. The summed E-state index contributed by atoms with van der Waals surface area (Å²) in [5, 5.41) is 0. The van der Waals surface area contributed by atoms with Crippen LogP contribution in [0.2, 0.25) is 0 Å². The largest absolute Gasteiger partial charge is 0.462 e. The number of anilines is 1. The first kappa shape index (κ1) is 19.7. The van der Waals surface area contributed by atoms with Crippen molar-refractivity contribution in [3.63, 3.8) is 0 Å². The predicted molar refractivity (Wildman–Crippen MR) is 117 cm³/mol. The highest BCUT2D eigenvalue weighted by atomic mass is 32.2. The van der Waals surface area contributed by atoms with Crippen molar-refractivity contribution in [2.24, 2.45) is 4.99 Å². The summed E-state index contributed by atoms with van der Waals surface area (Å²) < 4.78 is 8.47. The molecule has 0 atom stereocenters. The molecule has 4 rings (SSSR count). The van der Waals surface area contributed by atoms with Gasteiger partial charge in [0.2, 0.25) is 0 Å². The number of thioether (sulfide) groups is 2. The lowest BCUT2D eigenvalue weighted by Gasteiger charge is -2.10. The second-order valence-electron chi connectivity index (χ2n) is 6.30. The van der Waals surface area contributed by atoms with Gasteiger partial charge in [0.15, 0.2) is 11.5 Å². The van der Waals surface area contributed by atoms with Gasteiger partial charge in [0.25, 0.3) is 0 Å². The standard InChI is InChI=1S/C19H20N6O2S2/c20-16-15-17(23-11-22-16)25(12-24-15)7-3-8-27-18(26)14-5-2-1-4-13(14)10-29-19-21-6-9-28-19/h1-2,4-5,11-12H,3,6-10H2,(H2,20,22,23). The minimum absolute atomic E-state index is 0.302. The van der Waals surface area contributed by atoms with E-state index in [-0.39, 0.29) is 5.97 Å². The summed E-state index contributed by atoms with van der Waals surface area (Å²) in [5.41, 5.74) is 8.64. The maximum absolute atomic E-state index is 12.6. The van der Waals surface area contributed by atoms with Gasteiger partial charge in [-0.25, -0.2) is 19.7 Å². The molecule has 0 saturated heterocycles. The molecule has 0 saturated carbocycles. The van der Waals surface area contributed by atoms with Crippen molar-refractivity contribution in [2.75, 3.05) is 24.6 Å². The molecule has 0 spiro atoms. The van der Waals surface area contributed by atoms with Crippen LogP contribution in [0.25, 0.3) is 11.2 Å². The van der Waals surface area contributed by atoms with Crippen LogP contribution in [-0.4, -0.2) is 48.8 Å². The van der Waals surface area contributed by atoms with Gasteiger partial charge < -0.3 is 15.0 Å². The first-order chi connectivity index (χ1) is 14.2. The van der Waals surface area contributed by atoms with E-state index in [1.807, 2.05) is 28.8 Å². The number of aliphatic imine (C=N–C) groups is 1. The van der Waals surface area contributed by atoms with Gasteiger partial charge in [-0.2, -0.15) is 0 Å². The SMILES string of the molecule is Nc1ncnc2c1ncn2CCCOC(=O)c1ccccc1CSC1=NCCS1. The summed E-state index contributed by atoms with van der Waals surface area (Å²) in [4.78, 5) is 29.4. The molecule has 0 fully saturated rings. The predicted octanol–water partition coefficient (Wildman–Crippen LogP) is 2.99. The fourth-order valence-electron chi connectivity index (χ4n) is 2.93. The van der Waals surface area contributed by atoms with Crippen molar-refractivity contribution in [2.45, 2.75) is 18.7 Å². The summed E-state index contributed by atoms with van der Waals surface area (Å²) >= 11 is 3.44. The van der Waals surface area contributed by atoms with Crippen molar-refractivity contribution in [1.82, 2.24) is 19.5 Å². The Morgan fingerprint density at radius 2 is 2.17 bits per heavy atom. The molecule has 0 aliphatic carbocycles. The average Bonchev–Trinajstić information content (AvgIpc) is 3.40. The first-order valence-corrected chi connectivity index (χ1v) is 11.2. The van der Waals surface area contributed by atoms with Crippen LogP contribution >= 0.6 is 23.5 Å². The molecule has 0 amide bonds. The molecule has 150 valence electrons. The molecule has 1 aliphatic rings. The average molecular weight is 429 g/mol. The van der Waals surface area contributed by atoms with E-state index < -0.39 is 0 Å². The van der Waals surface area contributed by atoms with Crippen LogP contribution in [0.1, 0.15) is 22.3 Å². The number of imidazole rings is 1. The fraction of sp³-hybridized carbons (Fsp3) is 0.316. The molecule has 2 aromatic heterocycles. The van der Waals surface area contributed by atoms with Crippen molar-refractivity contribution in [3.05, 3.63) is 48.0 Å². The molecule has 0 bridgehead atoms. The number of nitrogen functional groups attached to an aromatic ring is 1. The van der Waals surface area contributed by atoms with Crippen LogP contribution in [-0.2, 0) is 17.0 Å². The highest BCUT2D eigenvalue weighted by molar-refractivity contribution is 8.38. The van der Waals surface area contributed by atoms with E-state index in [0.29, 0.717) is 47.9 Å². The third-order valence-electron chi connectivity index (χ3n) is 4.35. The number of nitrogens with zero attached hydrogens (tertiary/aromatic N) is 5. The van der Waals surface area contributed by atoms with Crippen LogP contribution in [0.15, 0.2) is 41.9 Å². The zero-order valence-electron chi connectivity index (χ0n) is 15.7. The van der Waals surface area contributed by atoms with Crippen LogP contribution in [0.4, 0.5) is 5.82 Å². The number of hydrogen-bond acceptors (Lipinski definition) is 9. The number of carbonyl (C=O) groups excluding carboxylic acids is 1. The van der Waals surface area contributed by atoms with E-state index in [4.69, 9.17) is 10.5 Å². The minimum Gasteiger partial charge on any atom is -0.462 e. The molecular weight excluding hydrogens is 408 g/mol. The lowest BCUT2D eigenvalue weighted by molar-refractivity contribution is 0.0495. The fourth-order valence-corrected chi connectivity index (χ4v) is 4.94. The van der Waals surface area contributed by atoms with Gasteiger partial charge in [0, 0.05) is 18.1 Å². The van der Waals surface area contributed by atoms with E-state index in [0.717, 1.165) is 22.2 Å². The second-order valence-corrected chi connectivity index (χ2v) is 8.61. The zero-order valence-corrected chi connectivity index (χ0v) is 17.3. The number of ether oxygens (including phenoxy) is 1. The van der Waals surface area contributed by atoms with Gasteiger partial charge in [-0.1, -0.05) is 41.7 Å². The lowest BCUT2D eigenvalue weighted by Crippen LogP contribution is -2.11. The summed E-state index contributed by atoms with van der Waals surface area (Å²) in [6, 6.07) is 7.57. The molecule has 0 radical (unpaired) electrons. The number of aryl methyl sites for hydroxylation is 1. The quantitative estimate of drug-likeness (QED) is 0.452. The number of rotatable bonds is 7. The maximum Gasteiger partial charge on any atom is 0.338 e. The highest BCUT2D eigenvalue weighted by Gasteiger charge is 2.15. The van der Waals surface area contributed by atoms with E-state index >= 15 is 0 Å². The van der Waals surface area contributed by atoms with Crippen LogP contribution in [0.3, 0.4) is 0 Å². The number of benzene rings is 1. The van der Waals surface area contributed by atoms with Gasteiger partial charge in [0.05, 0.1) is 25.0 Å². The van der Waals surface area contributed by atoms with Crippen LogP contribution in [0, 0.1) is 0 Å². The van der Waals surface area contributed by atoms with Gasteiger partial charge in [-0.05, 0) is 18.1 Å². The Bertz CT molecular complexity index is 1050. The van der Waals surface area contributed by atoms with Gasteiger partial charge in [0.1, 0.15) is 16.2 Å². The molecule has 1 aromatic carbocycles. The topological polar surface area (TPSA) is 108 Å². The number of nitrogens with two attached hydrogens (primary N) is 1. The maximum atomic E-state index is 12.6. The molecule has 0 unspecified atom stereocenters. The van der Waals surface area contributed by atoms with Crippen LogP contribution in [0.5, 0.6) is 0 Å². The Labute approximate surface area is 176 Å². The normalized spacial score (nSPS) is 13.6. The monoisotopic (exact) mass is 428 g/mol. The Hall–Kier alpha value is -2.59. The van der Waals surface area contributed by atoms with E-state index in [1.165, 1.54) is 6.33 Å². The minimum atomic E-state index is -0.302. The summed E-state index contributed by atoms with van der Waals surface area (Å²) in [6.45, 7) is 1.80. The molecule has 29 heavy (non-hydrogen) atoms. The highest BCUT2D eigenvalue weighted by Crippen LogP contribution is 2.26. The molecule has 2 N–H and O–H groups in total. The van der Waals surface area contributed by atoms with Crippen molar-refractivity contribution in [1.29, 1.82) is 0 Å². The zero-order chi connectivity index (χ0) is 20.1. The van der Waals surface area contributed by atoms with Gasteiger partial charge in [-0.3, -0.25) is 4.99 Å². The van der Waals surface area contributed by atoms with Crippen molar-refractivity contribution >= 4 is 50.9 Å². The van der Waals surface area contributed by atoms with Crippen molar-refractivity contribution < 1.29 is 9.53 Å². The van der Waals surface area contributed by atoms with E-state index in [1.54, 1.807) is 29.9 Å². The molecule has 8 nitrogen and oxygen atoms in total. The number of fused-ring (bicyclic) bond motifs is 1. The van der Waals surface area contributed by atoms with Crippen molar-refractivity contribution in [3.8, 4) is 0 Å². The summed E-state index contributed by atoms with van der Waals surface area (Å²) in [6.07, 6.45) is 3.74. The molecule has 1 aliphatic heterocycles. The molecule has 3 heterocycles. The van der Waals surface area contributed by atoms with E-state index in [9.17, 15) is 4.79 Å².